The number of ketones is 1. The number of anilines is 1. The summed E-state index contributed by atoms with van der Waals surface area (Å²) in [5.74, 6) is 0.893. The summed E-state index contributed by atoms with van der Waals surface area (Å²) in [6, 6.07) is 3.83. The molecule has 0 aliphatic heterocycles. The molecule has 0 radical (unpaired) electrons. The van der Waals surface area contributed by atoms with E-state index in [-0.39, 0.29) is 0 Å². The largest absolute Gasteiger partial charge is 0.383 e. The maximum atomic E-state index is 11.0. The van der Waals surface area contributed by atoms with Gasteiger partial charge in [-0.25, -0.2) is 4.98 Å². The van der Waals surface area contributed by atoms with Crippen molar-refractivity contribution < 1.29 is 4.79 Å². The number of nitrogens with two attached hydrogens (primary N) is 1. The predicted octanol–water partition coefficient (Wildman–Crippen LogP) is 1.97. The molecular formula is C11H16N2O. The number of nitrogen functional groups attached to an aromatic ring is 1. The number of rotatable bonds is 5. The Labute approximate surface area is 84.3 Å². The third-order valence-electron chi connectivity index (χ3n) is 2.22. The zero-order valence-electron chi connectivity index (χ0n) is 8.49. The highest BCUT2D eigenvalue weighted by Gasteiger charge is 2.01. The van der Waals surface area contributed by atoms with Crippen molar-refractivity contribution in [2.75, 3.05) is 5.73 Å². The molecule has 1 aromatic rings. The Bertz CT molecular complexity index is 310. The van der Waals surface area contributed by atoms with Crippen LogP contribution in [0.4, 0.5) is 5.82 Å². The Morgan fingerprint density at radius 1 is 1.57 bits per heavy atom. The van der Waals surface area contributed by atoms with Crippen molar-refractivity contribution >= 4 is 11.6 Å². The molecule has 0 saturated carbocycles. The Morgan fingerprint density at radius 2 is 2.36 bits per heavy atom. The summed E-state index contributed by atoms with van der Waals surface area (Å²) >= 11 is 0. The lowest BCUT2D eigenvalue weighted by atomic mass is 10.1. The molecular weight excluding hydrogens is 176 g/mol. The van der Waals surface area contributed by atoms with Gasteiger partial charge in [0.2, 0.25) is 0 Å². The molecule has 2 N–H and O–H groups in total. The molecule has 1 rings (SSSR count). The third kappa shape index (κ3) is 3.17. The summed E-state index contributed by atoms with van der Waals surface area (Å²) in [6.45, 7) is 1.89. The average molecular weight is 192 g/mol. The minimum atomic E-state index is 0.312. The van der Waals surface area contributed by atoms with E-state index >= 15 is 0 Å². The van der Waals surface area contributed by atoms with Crippen molar-refractivity contribution in [2.45, 2.75) is 32.6 Å². The Morgan fingerprint density at radius 3 is 3.00 bits per heavy atom. The molecule has 3 nitrogen and oxygen atoms in total. The van der Waals surface area contributed by atoms with Crippen LogP contribution in [0, 0.1) is 0 Å². The number of nitrogens with zero attached hydrogens (tertiary/aromatic N) is 1. The second-order valence-electron chi connectivity index (χ2n) is 3.29. The highest BCUT2D eigenvalue weighted by Crippen LogP contribution is 2.11. The summed E-state index contributed by atoms with van der Waals surface area (Å²) in [4.78, 5) is 15.0. The number of Topliss-reactive ketones (excluding diaryl/α,β-unsaturated/α-hetero) is 1. The number of pyridine rings is 1. The topological polar surface area (TPSA) is 56.0 Å². The van der Waals surface area contributed by atoms with Crippen LogP contribution in [0.3, 0.4) is 0 Å². The van der Waals surface area contributed by atoms with Gasteiger partial charge in [-0.1, -0.05) is 13.0 Å². The monoisotopic (exact) mass is 192 g/mol. The van der Waals surface area contributed by atoms with Crippen LogP contribution in [0.1, 0.15) is 31.7 Å². The number of hydrogen-bond donors (Lipinski definition) is 1. The average Bonchev–Trinajstić information content (AvgIpc) is 2.20. The van der Waals surface area contributed by atoms with E-state index in [0.717, 1.165) is 18.4 Å². The van der Waals surface area contributed by atoms with Crippen LogP contribution >= 0.6 is 0 Å². The van der Waals surface area contributed by atoms with Gasteiger partial charge in [-0.2, -0.15) is 0 Å². The number of carbonyl (C=O) groups excluding carboxylic acids is 1. The van der Waals surface area contributed by atoms with Gasteiger partial charge in [0.15, 0.2) is 0 Å². The van der Waals surface area contributed by atoms with Crippen molar-refractivity contribution in [1.82, 2.24) is 4.98 Å². The zero-order chi connectivity index (χ0) is 10.4. The SMILES string of the molecule is CCC(=O)CCCc1cccnc1N. The number of aromatic nitrogens is 1. The highest BCUT2D eigenvalue weighted by molar-refractivity contribution is 5.77. The van der Waals surface area contributed by atoms with E-state index in [9.17, 15) is 4.79 Å². The predicted molar refractivity (Wildman–Crippen MR) is 56.9 cm³/mol. The first-order valence-electron chi connectivity index (χ1n) is 4.95. The van der Waals surface area contributed by atoms with Crippen molar-refractivity contribution in [3.05, 3.63) is 23.9 Å². The van der Waals surface area contributed by atoms with Crippen LogP contribution in [-0.4, -0.2) is 10.8 Å². The van der Waals surface area contributed by atoms with E-state index in [1.54, 1.807) is 6.20 Å². The van der Waals surface area contributed by atoms with Gasteiger partial charge in [0.25, 0.3) is 0 Å². The van der Waals surface area contributed by atoms with E-state index in [0.29, 0.717) is 24.4 Å². The summed E-state index contributed by atoms with van der Waals surface area (Å²) < 4.78 is 0. The Kier molecular flexibility index (Phi) is 4.11. The molecule has 0 unspecified atom stereocenters. The third-order valence-corrected chi connectivity index (χ3v) is 2.22. The van der Waals surface area contributed by atoms with Gasteiger partial charge in [-0.3, -0.25) is 4.79 Å². The van der Waals surface area contributed by atoms with Gasteiger partial charge in [0.05, 0.1) is 0 Å². The highest BCUT2D eigenvalue weighted by atomic mass is 16.1. The molecule has 0 spiro atoms. The fourth-order valence-electron chi connectivity index (χ4n) is 1.32. The first-order chi connectivity index (χ1) is 6.74. The van der Waals surface area contributed by atoms with Crippen LogP contribution in [0.25, 0.3) is 0 Å². The molecule has 0 aliphatic carbocycles. The van der Waals surface area contributed by atoms with E-state index in [4.69, 9.17) is 5.73 Å². The fourth-order valence-corrected chi connectivity index (χ4v) is 1.32. The molecule has 76 valence electrons. The minimum Gasteiger partial charge on any atom is -0.383 e. The van der Waals surface area contributed by atoms with E-state index in [1.807, 2.05) is 19.1 Å². The molecule has 0 atom stereocenters. The van der Waals surface area contributed by atoms with E-state index in [2.05, 4.69) is 4.98 Å². The first-order valence-corrected chi connectivity index (χ1v) is 4.95. The summed E-state index contributed by atoms with van der Waals surface area (Å²) in [5, 5.41) is 0. The summed E-state index contributed by atoms with van der Waals surface area (Å²) in [5.41, 5.74) is 6.71. The van der Waals surface area contributed by atoms with Crippen molar-refractivity contribution in [2.24, 2.45) is 0 Å². The van der Waals surface area contributed by atoms with Gasteiger partial charge in [-0.05, 0) is 24.5 Å². The van der Waals surface area contributed by atoms with E-state index < -0.39 is 0 Å². The minimum absolute atomic E-state index is 0.312. The van der Waals surface area contributed by atoms with Crippen molar-refractivity contribution in [3.8, 4) is 0 Å². The van der Waals surface area contributed by atoms with Gasteiger partial charge < -0.3 is 5.73 Å². The van der Waals surface area contributed by atoms with Crippen LogP contribution in [0.15, 0.2) is 18.3 Å². The smallest absolute Gasteiger partial charge is 0.132 e. The molecule has 0 bridgehead atoms. The first kappa shape index (κ1) is 10.7. The van der Waals surface area contributed by atoms with E-state index in [1.165, 1.54) is 0 Å². The van der Waals surface area contributed by atoms with Crippen molar-refractivity contribution in [3.63, 3.8) is 0 Å². The van der Waals surface area contributed by atoms with Gasteiger partial charge in [-0.15, -0.1) is 0 Å². The van der Waals surface area contributed by atoms with Gasteiger partial charge in [0, 0.05) is 19.0 Å². The molecule has 0 amide bonds. The fraction of sp³-hybridized carbons (Fsp3) is 0.455. The second kappa shape index (κ2) is 5.37. The molecule has 0 aromatic carbocycles. The molecule has 1 heterocycles. The lowest BCUT2D eigenvalue weighted by Crippen LogP contribution is -2.00. The standard InChI is InChI=1S/C11H16N2O/c1-2-10(14)7-3-5-9-6-4-8-13-11(9)12/h4,6,8H,2-3,5,7H2,1H3,(H2,12,13). The lowest BCUT2D eigenvalue weighted by Gasteiger charge is -2.02. The van der Waals surface area contributed by atoms with Crippen LogP contribution < -0.4 is 5.73 Å². The maximum Gasteiger partial charge on any atom is 0.132 e. The van der Waals surface area contributed by atoms with Crippen LogP contribution in [0.5, 0.6) is 0 Å². The van der Waals surface area contributed by atoms with Crippen molar-refractivity contribution in [1.29, 1.82) is 0 Å². The quantitative estimate of drug-likeness (QED) is 0.776. The van der Waals surface area contributed by atoms with Crippen LogP contribution in [0.2, 0.25) is 0 Å². The molecule has 0 saturated heterocycles. The Balaban J connectivity index is 2.39. The molecule has 14 heavy (non-hydrogen) atoms. The Hall–Kier alpha value is -1.38. The van der Waals surface area contributed by atoms with Crippen LogP contribution in [-0.2, 0) is 11.2 Å². The molecule has 1 aromatic heterocycles. The molecule has 0 aliphatic rings. The second-order valence-corrected chi connectivity index (χ2v) is 3.29. The summed E-state index contributed by atoms with van der Waals surface area (Å²) in [6.07, 6.45) is 4.65. The number of carbonyl (C=O) groups is 1. The number of aryl methyl sites for hydroxylation is 1. The normalized spacial score (nSPS) is 10.1. The number of hydrogen-bond acceptors (Lipinski definition) is 3. The van der Waals surface area contributed by atoms with Gasteiger partial charge >= 0.3 is 0 Å². The zero-order valence-corrected chi connectivity index (χ0v) is 8.49. The maximum absolute atomic E-state index is 11.0. The lowest BCUT2D eigenvalue weighted by molar-refractivity contribution is -0.118. The van der Waals surface area contributed by atoms with Gasteiger partial charge in [0.1, 0.15) is 11.6 Å². The summed E-state index contributed by atoms with van der Waals surface area (Å²) in [7, 11) is 0. The molecule has 0 fully saturated rings. The molecule has 3 heteroatoms.